The first-order chi connectivity index (χ1) is 21.3. The second-order valence-electron chi connectivity index (χ2n) is 11.7. The molecule has 1 fully saturated rings. The van der Waals surface area contributed by atoms with Gasteiger partial charge in [0.05, 0.1) is 32.1 Å². The summed E-state index contributed by atoms with van der Waals surface area (Å²) in [5, 5.41) is 0. The van der Waals surface area contributed by atoms with Crippen molar-refractivity contribution in [3.05, 3.63) is 89.5 Å². The fourth-order valence-electron chi connectivity index (χ4n) is 5.79. The zero-order valence-corrected chi connectivity index (χ0v) is 26.0. The van der Waals surface area contributed by atoms with E-state index in [0.29, 0.717) is 45.0 Å². The van der Waals surface area contributed by atoms with E-state index in [2.05, 4.69) is 12.1 Å². The van der Waals surface area contributed by atoms with Crippen LogP contribution in [0.1, 0.15) is 49.3 Å². The summed E-state index contributed by atoms with van der Waals surface area (Å²) in [7, 11) is 3.31. The van der Waals surface area contributed by atoms with Gasteiger partial charge < -0.3 is 33.5 Å². The first kappa shape index (κ1) is 31.3. The van der Waals surface area contributed by atoms with Gasteiger partial charge in [0, 0.05) is 32.7 Å². The number of benzene rings is 3. The molecule has 0 bridgehead atoms. The Labute approximate surface area is 259 Å². The van der Waals surface area contributed by atoms with E-state index in [1.807, 2.05) is 60.7 Å². The van der Waals surface area contributed by atoms with Gasteiger partial charge in [-0.2, -0.15) is 0 Å². The van der Waals surface area contributed by atoms with Crippen LogP contribution in [-0.4, -0.2) is 69.1 Å². The third-order valence-electron chi connectivity index (χ3n) is 8.20. The molecule has 5 rings (SSSR count). The van der Waals surface area contributed by atoms with E-state index >= 15 is 0 Å². The van der Waals surface area contributed by atoms with Crippen molar-refractivity contribution in [2.24, 2.45) is 0 Å². The molecule has 234 valence electrons. The van der Waals surface area contributed by atoms with E-state index in [0.717, 1.165) is 34.5 Å². The van der Waals surface area contributed by atoms with Crippen LogP contribution >= 0.6 is 0 Å². The lowest BCUT2D eigenvalue weighted by atomic mass is 9.87. The topological polar surface area (TPSA) is 86.8 Å². The van der Waals surface area contributed by atoms with E-state index in [1.165, 1.54) is 0 Å². The zero-order valence-electron chi connectivity index (χ0n) is 26.0. The second kappa shape index (κ2) is 14.1. The number of methoxy groups -OCH3 is 2. The highest BCUT2D eigenvalue weighted by Crippen LogP contribution is 2.39. The number of ether oxygens (including phenoxy) is 5. The summed E-state index contributed by atoms with van der Waals surface area (Å²) in [6, 6.07) is 23.5. The molecule has 2 aliphatic rings. The van der Waals surface area contributed by atoms with E-state index in [4.69, 9.17) is 23.7 Å². The molecule has 9 nitrogen and oxygen atoms in total. The van der Waals surface area contributed by atoms with Gasteiger partial charge in [0.2, 0.25) is 0 Å². The maximum atomic E-state index is 13.3. The van der Waals surface area contributed by atoms with Gasteiger partial charge in [0.25, 0.3) is 5.91 Å². The molecule has 0 saturated carbocycles. The average molecular weight is 603 g/mol. The van der Waals surface area contributed by atoms with Crippen LogP contribution in [0.3, 0.4) is 0 Å². The number of rotatable bonds is 11. The Hall–Kier alpha value is -4.08. The molecule has 0 aromatic heterocycles. The van der Waals surface area contributed by atoms with Crippen LogP contribution in [0.15, 0.2) is 72.8 Å². The van der Waals surface area contributed by atoms with E-state index in [9.17, 15) is 9.59 Å². The van der Waals surface area contributed by atoms with Crippen molar-refractivity contribution in [3.63, 3.8) is 0 Å². The first-order valence-corrected chi connectivity index (χ1v) is 15.1. The summed E-state index contributed by atoms with van der Waals surface area (Å²) >= 11 is 0. The molecule has 2 unspecified atom stereocenters. The molecule has 0 radical (unpaired) electrons. The average Bonchev–Trinajstić information content (AvgIpc) is 3.05. The lowest BCUT2D eigenvalue weighted by Gasteiger charge is -2.39. The van der Waals surface area contributed by atoms with Gasteiger partial charge in [-0.1, -0.05) is 48.5 Å². The molecule has 9 heteroatoms. The van der Waals surface area contributed by atoms with Crippen LogP contribution in [0.25, 0.3) is 0 Å². The Bertz CT molecular complexity index is 1410. The molecule has 1 saturated heterocycles. The smallest absolute Gasteiger partial charge is 0.410 e. The molecule has 0 spiro atoms. The molecular weight excluding hydrogens is 560 g/mol. The lowest BCUT2D eigenvalue weighted by molar-refractivity contribution is -0.132. The summed E-state index contributed by atoms with van der Waals surface area (Å²) in [6.07, 6.45) is 0.813. The number of likely N-dealkylation sites (tertiary alicyclic amines) is 1. The number of fused-ring (bicyclic) bond motifs is 1. The van der Waals surface area contributed by atoms with Crippen LogP contribution < -0.4 is 14.4 Å². The molecular formula is C35H42N2O7. The van der Waals surface area contributed by atoms with Gasteiger partial charge in [-0.3, -0.25) is 4.79 Å². The Morgan fingerprint density at radius 2 is 1.75 bits per heavy atom. The molecule has 0 N–H and O–H groups in total. The molecule has 0 aliphatic carbocycles. The standard InChI is InChI=1S/C35H42N2O7/c1-35(2)33(38)37(18-8-20-40-3)30-21-26(11-16-31(30)44-35)24-42-32-22-36(34(39)43-23-25-9-6-5-7-10-25)19-17-29(32)27-12-14-28(41-4)15-13-27/h5-7,9-16,21,29,32H,8,17-20,22-24H2,1-4H3. The number of piperidine rings is 1. The van der Waals surface area contributed by atoms with Crippen LogP contribution in [0, 0.1) is 0 Å². The summed E-state index contributed by atoms with van der Waals surface area (Å²) in [5.41, 5.74) is 2.76. The number of hydrogen-bond acceptors (Lipinski definition) is 7. The van der Waals surface area contributed by atoms with Gasteiger partial charge in [-0.25, -0.2) is 4.79 Å². The molecule has 2 aliphatic heterocycles. The van der Waals surface area contributed by atoms with Crippen molar-refractivity contribution < 1.29 is 33.3 Å². The summed E-state index contributed by atoms with van der Waals surface area (Å²) in [4.78, 5) is 29.9. The Morgan fingerprint density at radius 3 is 2.48 bits per heavy atom. The molecule has 2 heterocycles. The minimum Gasteiger partial charge on any atom is -0.497 e. The van der Waals surface area contributed by atoms with E-state index < -0.39 is 5.60 Å². The van der Waals surface area contributed by atoms with Gasteiger partial charge in [0.15, 0.2) is 5.60 Å². The molecule has 44 heavy (non-hydrogen) atoms. The third kappa shape index (κ3) is 7.34. The highest BCUT2D eigenvalue weighted by Gasteiger charge is 2.41. The number of hydrogen-bond donors (Lipinski definition) is 0. The minimum absolute atomic E-state index is 0.0768. The van der Waals surface area contributed by atoms with E-state index in [-0.39, 0.29) is 30.6 Å². The second-order valence-corrected chi connectivity index (χ2v) is 11.7. The largest absolute Gasteiger partial charge is 0.497 e. The first-order valence-electron chi connectivity index (χ1n) is 15.1. The van der Waals surface area contributed by atoms with Gasteiger partial charge in [-0.05, 0) is 67.6 Å². The third-order valence-corrected chi connectivity index (χ3v) is 8.20. The van der Waals surface area contributed by atoms with Crippen LogP contribution in [0.4, 0.5) is 10.5 Å². The van der Waals surface area contributed by atoms with Gasteiger partial charge in [-0.15, -0.1) is 0 Å². The summed E-state index contributed by atoms with van der Waals surface area (Å²) in [6.45, 7) is 6.15. The highest BCUT2D eigenvalue weighted by atomic mass is 16.6. The minimum atomic E-state index is -0.954. The molecule has 2 atom stereocenters. The number of carbonyl (C=O) groups excluding carboxylic acids is 2. The van der Waals surface area contributed by atoms with E-state index in [1.54, 1.807) is 37.9 Å². The summed E-state index contributed by atoms with van der Waals surface area (Å²) in [5.74, 6) is 1.44. The van der Waals surface area contributed by atoms with Crippen molar-refractivity contribution >= 4 is 17.7 Å². The number of amides is 2. The van der Waals surface area contributed by atoms with Crippen molar-refractivity contribution in [3.8, 4) is 11.5 Å². The maximum Gasteiger partial charge on any atom is 0.410 e. The maximum absolute atomic E-state index is 13.3. The fourth-order valence-corrected chi connectivity index (χ4v) is 5.79. The van der Waals surface area contributed by atoms with Crippen LogP contribution in [0.5, 0.6) is 11.5 Å². The predicted octanol–water partition coefficient (Wildman–Crippen LogP) is 5.95. The quantitative estimate of drug-likeness (QED) is 0.251. The van der Waals surface area contributed by atoms with Crippen molar-refractivity contribution in [2.75, 3.05) is 45.4 Å². The highest BCUT2D eigenvalue weighted by molar-refractivity contribution is 6.02. The van der Waals surface area contributed by atoms with Crippen molar-refractivity contribution in [2.45, 2.75) is 57.5 Å². The lowest BCUT2D eigenvalue weighted by Crippen LogP contribution is -2.52. The predicted molar refractivity (Wildman–Crippen MR) is 167 cm³/mol. The Kier molecular flexibility index (Phi) is 10.1. The molecule has 2 amide bonds. The van der Waals surface area contributed by atoms with Crippen LogP contribution in [-0.2, 0) is 32.2 Å². The van der Waals surface area contributed by atoms with Crippen molar-refractivity contribution in [1.82, 2.24) is 4.90 Å². The normalized spacial score (nSPS) is 19.2. The Balaban J connectivity index is 1.32. The zero-order chi connectivity index (χ0) is 31.1. The summed E-state index contributed by atoms with van der Waals surface area (Å²) < 4.78 is 28.9. The van der Waals surface area contributed by atoms with Gasteiger partial charge >= 0.3 is 6.09 Å². The number of anilines is 1. The number of carbonyl (C=O) groups is 2. The van der Waals surface area contributed by atoms with Crippen molar-refractivity contribution in [1.29, 1.82) is 0 Å². The number of nitrogens with zero attached hydrogens (tertiary/aromatic N) is 2. The monoisotopic (exact) mass is 602 g/mol. The SMILES string of the molecule is COCCCN1C(=O)C(C)(C)Oc2ccc(COC3CN(C(=O)OCc4ccccc4)CCC3c3ccc(OC)cc3)cc21. The molecule has 3 aromatic carbocycles. The molecule has 3 aromatic rings. The van der Waals surface area contributed by atoms with Gasteiger partial charge in [0.1, 0.15) is 18.1 Å². The fraction of sp³-hybridized carbons (Fsp3) is 0.429. The Morgan fingerprint density at radius 1 is 0.977 bits per heavy atom. The van der Waals surface area contributed by atoms with Crippen LogP contribution in [0.2, 0.25) is 0 Å².